The number of rotatable bonds is 7. The molecular weight excluding hydrogens is 334 g/mol. The number of hydrogen-bond acceptors (Lipinski definition) is 5. The van der Waals surface area contributed by atoms with E-state index in [1.807, 2.05) is 30.3 Å². The Bertz CT molecular complexity index is 797. The third kappa shape index (κ3) is 5.83. The zero-order valence-corrected chi connectivity index (χ0v) is 14.3. The van der Waals surface area contributed by atoms with Gasteiger partial charge >= 0.3 is 0 Å². The van der Waals surface area contributed by atoms with E-state index < -0.39 is 5.91 Å². The molecule has 0 radical (unpaired) electrons. The Kier molecular flexibility index (Phi) is 7.01. The Balaban J connectivity index is 1.69. The largest absolute Gasteiger partial charge is 0.496 e. The van der Waals surface area contributed by atoms with Crippen molar-refractivity contribution < 1.29 is 19.1 Å². The third-order valence-corrected chi connectivity index (χ3v) is 3.51. The number of hydrogen-bond donors (Lipinski definition) is 2. The van der Waals surface area contributed by atoms with Gasteiger partial charge in [-0.2, -0.15) is 5.26 Å². The second kappa shape index (κ2) is 9.69. The van der Waals surface area contributed by atoms with Crippen LogP contribution in [-0.2, 0) is 16.0 Å². The summed E-state index contributed by atoms with van der Waals surface area (Å²) in [5, 5.41) is 8.71. The second-order valence-electron chi connectivity index (χ2n) is 5.33. The Labute approximate surface area is 151 Å². The van der Waals surface area contributed by atoms with Crippen molar-refractivity contribution in [1.29, 1.82) is 5.26 Å². The molecule has 7 nitrogen and oxygen atoms in total. The van der Waals surface area contributed by atoms with Crippen LogP contribution in [0.3, 0.4) is 0 Å². The van der Waals surface area contributed by atoms with Gasteiger partial charge in [0.05, 0.1) is 18.7 Å². The van der Waals surface area contributed by atoms with E-state index in [9.17, 15) is 9.59 Å². The Morgan fingerprint density at radius 2 is 1.73 bits per heavy atom. The van der Waals surface area contributed by atoms with Crippen molar-refractivity contribution in [3.8, 4) is 17.6 Å². The normalized spacial score (nSPS) is 9.69. The monoisotopic (exact) mass is 353 g/mol. The summed E-state index contributed by atoms with van der Waals surface area (Å²) in [6, 6.07) is 15.8. The van der Waals surface area contributed by atoms with E-state index in [1.54, 1.807) is 31.4 Å². The lowest BCUT2D eigenvalue weighted by Crippen LogP contribution is -2.43. The summed E-state index contributed by atoms with van der Waals surface area (Å²) >= 11 is 0. The maximum Gasteiger partial charge on any atom is 0.276 e. The van der Waals surface area contributed by atoms with Gasteiger partial charge in [0.1, 0.15) is 11.5 Å². The highest BCUT2D eigenvalue weighted by Gasteiger charge is 2.08. The number of hydrazine groups is 1. The lowest BCUT2D eigenvalue weighted by atomic mass is 10.1. The van der Waals surface area contributed by atoms with Crippen LogP contribution in [0.5, 0.6) is 11.5 Å². The molecule has 2 N–H and O–H groups in total. The number of benzene rings is 2. The van der Waals surface area contributed by atoms with Gasteiger partial charge in [-0.15, -0.1) is 0 Å². The molecule has 2 aromatic rings. The average molecular weight is 353 g/mol. The quantitative estimate of drug-likeness (QED) is 0.738. The van der Waals surface area contributed by atoms with E-state index in [-0.39, 0.29) is 18.9 Å². The van der Waals surface area contributed by atoms with E-state index >= 15 is 0 Å². The van der Waals surface area contributed by atoms with E-state index in [4.69, 9.17) is 14.7 Å². The molecule has 0 aromatic heterocycles. The molecule has 26 heavy (non-hydrogen) atoms. The molecular formula is C19H19N3O4. The molecule has 0 saturated heterocycles. The van der Waals surface area contributed by atoms with Crippen LogP contribution in [0.15, 0.2) is 48.5 Å². The lowest BCUT2D eigenvalue weighted by molar-refractivity contribution is -0.130. The van der Waals surface area contributed by atoms with Gasteiger partial charge in [-0.3, -0.25) is 20.4 Å². The minimum absolute atomic E-state index is 0.205. The minimum atomic E-state index is -0.486. The van der Waals surface area contributed by atoms with Crippen molar-refractivity contribution in [2.75, 3.05) is 13.7 Å². The number of amides is 2. The van der Waals surface area contributed by atoms with Crippen LogP contribution >= 0.6 is 0 Å². The van der Waals surface area contributed by atoms with Crippen LogP contribution in [0.2, 0.25) is 0 Å². The van der Waals surface area contributed by atoms with Gasteiger partial charge in [0.2, 0.25) is 5.91 Å². The molecule has 0 heterocycles. The SMILES string of the molecule is COc1ccccc1CCC(=O)NNC(=O)COc1ccc(C#N)cc1. The van der Waals surface area contributed by atoms with E-state index in [2.05, 4.69) is 10.9 Å². The van der Waals surface area contributed by atoms with Gasteiger partial charge in [-0.25, -0.2) is 0 Å². The first kappa shape index (κ1) is 18.8. The molecule has 0 spiro atoms. The number of nitrogens with one attached hydrogen (secondary N) is 2. The van der Waals surface area contributed by atoms with Crippen molar-refractivity contribution >= 4 is 11.8 Å². The molecule has 0 bridgehead atoms. The number of ether oxygens (including phenoxy) is 2. The molecule has 0 fully saturated rings. The van der Waals surface area contributed by atoms with Crippen molar-refractivity contribution in [1.82, 2.24) is 10.9 Å². The van der Waals surface area contributed by atoms with Gasteiger partial charge in [0, 0.05) is 6.42 Å². The molecule has 0 aliphatic rings. The molecule has 0 unspecified atom stereocenters. The van der Waals surface area contributed by atoms with Gasteiger partial charge in [0.15, 0.2) is 6.61 Å². The van der Waals surface area contributed by atoms with Gasteiger partial charge in [-0.05, 0) is 42.3 Å². The minimum Gasteiger partial charge on any atom is -0.496 e. The molecule has 0 atom stereocenters. The molecule has 134 valence electrons. The zero-order chi connectivity index (χ0) is 18.8. The number of para-hydroxylation sites is 1. The molecule has 0 aliphatic carbocycles. The van der Waals surface area contributed by atoms with Gasteiger partial charge < -0.3 is 9.47 Å². The maximum atomic E-state index is 11.8. The topological polar surface area (TPSA) is 100 Å². The fourth-order valence-electron chi connectivity index (χ4n) is 2.17. The van der Waals surface area contributed by atoms with Crippen molar-refractivity contribution in [3.05, 3.63) is 59.7 Å². The number of methoxy groups -OCH3 is 1. The molecule has 2 rings (SSSR count). The standard InChI is InChI=1S/C19H19N3O4/c1-25-17-5-3-2-4-15(17)8-11-18(23)21-22-19(24)13-26-16-9-6-14(12-20)7-10-16/h2-7,9-10H,8,11,13H2,1H3,(H,21,23)(H,22,24). The summed E-state index contributed by atoms with van der Waals surface area (Å²) in [7, 11) is 1.58. The molecule has 2 amide bonds. The number of carbonyl (C=O) groups is 2. The number of aryl methyl sites for hydroxylation is 1. The fourth-order valence-corrected chi connectivity index (χ4v) is 2.17. The molecule has 0 saturated carbocycles. The first-order chi connectivity index (χ1) is 12.6. The summed E-state index contributed by atoms with van der Waals surface area (Å²) < 4.78 is 10.5. The molecule has 2 aromatic carbocycles. The zero-order valence-electron chi connectivity index (χ0n) is 14.3. The number of carbonyl (C=O) groups excluding carboxylic acids is 2. The van der Waals surface area contributed by atoms with E-state index in [0.29, 0.717) is 17.7 Å². The smallest absolute Gasteiger partial charge is 0.276 e. The van der Waals surface area contributed by atoms with Crippen LogP contribution < -0.4 is 20.3 Å². The van der Waals surface area contributed by atoms with Crippen molar-refractivity contribution in [2.45, 2.75) is 12.8 Å². The summed E-state index contributed by atoms with van der Waals surface area (Å²) in [5.41, 5.74) is 6.06. The summed E-state index contributed by atoms with van der Waals surface area (Å²) in [4.78, 5) is 23.5. The first-order valence-corrected chi connectivity index (χ1v) is 7.95. The second-order valence-corrected chi connectivity index (χ2v) is 5.33. The van der Waals surface area contributed by atoms with Crippen molar-refractivity contribution in [2.24, 2.45) is 0 Å². The summed E-state index contributed by atoms with van der Waals surface area (Å²) in [5.74, 6) is 0.379. The molecule has 0 aliphatic heterocycles. The lowest BCUT2D eigenvalue weighted by Gasteiger charge is -2.10. The highest BCUT2D eigenvalue weighted by molar-refractivity contribution is 5.82. The van der Waals surface area contributed by atoms with Crippen LogP contribution in [0.25, 0.3) is 0 Å². The van der Waals surface area contributed by atoms with Crippen LogP contribution in [-0.4, -0.2) is 25.5 Å². The van der Waals surface area contributed by atoms with Gasteiger partial charge in [-0.1, -0.05) is 18.2 Å². The van der Waals surface area contributed by atoms with Crippen LogP contribution in [0.1, 0.15) is 17.5 Å². The van der Waals surface area contributed by atoms with Crippen LogP contribution in [0, 0.1) is 11.3 Å². The Hall–Kier alpha value is -3.53. The Morgan fingerprint density at radius 3 is 2.42 bits per heavy atom. The predicted molar refractivity (Wildman–Crippen MR) is 94.3 cm³/mol. The highest BCUT2D eigenvalue weighted by Crippen LogP contribution is 2.18. The van der Waals surface area contributed by atoms with Gasteiger partial charge in [0.25, 0.3) is 5.91 Å². The fraction of sp³-hybridized carbons (Fsp3) is 0.211. The molecule has 7 heteroatoms. The number of nitrogens with zero attached hydrogens (tertiary/aromatic N) is 1. The first-order valence-electron chi connectivity index (χ1n) is 7.95. The highest BCUT2D eigenvalue weighted by atomic mass is 16.5. The van der Waals surface area contributed by atoms with E-state index in [0.717, 1.165) is 11.3 Å². The van der Waals surface area contributed by atoms with Crippen LogP contribution in [0.4, 0.5) is 0 Å². The predicted octanol–water partition coefficient (Wildman–Crippen LogP) is 1.73. The van der Waals surface area contributed by atoms with Crippen molar-refractivity contribution in [3.63, 3.8) is 0 Å². The average Bonchev–Trinajstić information content (AvgIpc) is 2.69. The third-order valence-electron chi connectivity index (χ3n) is 3.51. The Morgan fingerprint density at radius 1 is 1.04 bits per heavy atom. The van der Waals surface area contributed by atoms with E-state index in [1.165, 1.54) is 0 Å². The maximum absolute atomic E-state index is 11.8. The summed E-state index contributed by atoms with van der Waals surface area (Å²) in [6.45, 7) is -0.251. The summed E-state index contributed by atoms with van der Waals surface area (Å²) in [6.07, 6.45) is 0.699. The number of nitriles is 1.